The van der Waals surface area contributed by atoms with Gasteiger partial charge >= 0.3 is 24.0 Å². The highest BCUT2D eigenvalue weighted by molar-refractivity contribution is 5.46. The Morgan fingerprint density at radius 2 is 0.558 bits per heavy atom. The van der Waals surface area contributed by atoms with Crippen LogP contribution in [0.15, 0.2) is 72.8 Å². The second kappa shape index (κ2) is 15.7. The summed E-state index contributed by atoms with van der Waals surface area (Å²) in [4.78, 5) is 27.2. The third-order valence-electron chi connectivity index (χ3n) is 8.29. The van der Waals surface area contributed by atoms with E-state index in [0.29, 0.717) is 36.1 Å². The maximum Gasteiger partial charge on any atom is 0.330 e. The molecule has 2 aromatic heterocycles. The lowest BCUT2D eigenvalue weighted by Gasteiger charge is -2.15. The lowest BCUT2D eigenvalue weighted by atomic mass is 10.1. The summed E-state index contributed by atoms with van der Waals surface area (Å²) in [5.41, 5.74) is 7.63. The number of aromatic nitrogens is 6. The fourth-order valence-electron chi connectivity index (χ4n) is 5.57. The van der Waals surface area contributed by atoms with Crippen molar-refractivity contribution < 1.29 is 18.9 Å². The molecule has 0 bridgehead atoms. The Labute approximate surface area is 303 Å². The van der Waals surface area contributed by atoms with Crippen LogP contribution in [0.3, 0.4) is 0 Å². The average molecular weight is 699 g/mol. The summed E-state index contributed by atoms with van der Waals surface area (Å²) in [5.74, 6) is 3.24. The monoisotopic (exact) mass is 698 g/mol. The summed E-state index contributed by atoms with van der Waals surface area (Å²) in [6, 6.07) is 24.1. The fourth-order valence-corrected chi connectivity index (χ4v) is 5.57. The van der Waals surface area contributed by atoms with Crippen LogP contribution in [-0.2, 0) is 0 Å². The number of anilines is 2. The molecular formula is C40H42N8O4. The van der Waals surface area contributed by atoms with Gasteiger partial charge in [0.2, 0.25) is 11.9 Å². The summed E-state index contributed by atoms with van der Waals surface area (Å²) >= 11 is 0. The Bertz CT molecular complexity index is 1850. The van der Waals surface area contributed by atoms with E-state index in [1.807, 2.05) is 128 Å². The van der Waals surface area contributed by atoms with E-state index in [1.165, 1.54) is 0 Å². The zero-order valence-electron chi connectivity index (χ0n) is 30.7. The van der Waals surface area contributed by atoms with E-state index < -0.39 is 0 Å². The molecule has 0 saturated heterocycles. The van der Waals surface area contributed by atoms with Crippen LogP contribution in [0.4, 0.5) is 11.9 Å². The van der Waals surface area contributed by atoms with E-state index in [1.54, 1.807) is 0 Å². The Morgan fingerprint density at radius 3 is 0.769 bits per heavy atom. The smallest absolute Gasteiger partial charge is 0.330 e. The van der Waals surface area contributed by atoms with Gasteiger partial charge in [-0.25, -0.2) is 0 Å². The second-order valence-corrected chi connectivity index (χ2v) is 12.6. The van der Waals surface area contributed by atoms with Gasteiger partial charge in [-0.2, -0.15) is 19.9 Å². The van der Waals surface area contributed by atoms with Crippen molar-refractivity contribution >= 4 is 11.9 Å². The van der Waals surface area contributed by atoms with Crippen molar-refractivity contribution in [3.8, 4) is 47.0 Å². The topological polar surface area (TPSA) is 138 Å². The van der Waals surface area contributed by atoms with Gasteiger partial charge in [0.15, 0.2) is 0 Å². The molecule has 0 atom stereocenters. The number of para-hydroxylation sites is 4. The number of rotatable bonds is 13. The third kappa shape index (κ3) is 8.52. The van der Waals surface area contributed by atoms with E-state index >= 15 is 0 Å². The molecule has 12 nitrogen and oxygen atoms in total. The lowest BCUT2D eigenvalue weighted by Crippen LogP contribution is -2.17. The quantitative estimate of drug-likeness (QED) is 0.111. The highest BCUT2D eigenvalue weighted by atomic mass is 16.5. The minimum atomic E-state index is 0.100. The van der Waals surface area contributed by atoms with Crippen LogP contribution in [0, 0.1) is 55.4 Å². The summed E-state index contributed by atoms with van der Waals surface area (Å²) in [6.07, 6.45) is 0. The van der Waals surface area contributed by atoms with Crippen LogP contribution in [0.25, 0.3) is 0 Å². The molecule has 0 unspecified atom stereocenters. The van der Waals surface area contributed by atoms with E-state index in [4.69, 9.17) is 18.9 Å². The summed E-state index contributed by atoms with van der Waals surface area (Å²) in [7, 11) is 0. The van der Waals surface area contributed by atoms with E-state index in [2.05, 4.69) is 40.5 Å². The molecule has 0 spiro atoms. The van der Waals surface area contributed by atoms with Gasteiger partial charge in [0, 0.05) is 13.1 Å². The largest absolute Gasteiger partial charge is 0.424 e. The van der Waals surface area contributed by atoms with Gasteiger partial charge in [-0.1, -0.05) is 72.8 Å². The van der Waals surface area contributed by atoms with Gasteiger partial charge < -0.3 is 29.6 Å². The standard InChI is InChI=1S/C40H42N8O4/c1-23-13-9-14-24(2)31(23)49-37-43-35(44-38(47-37)50-32-25(3)15-10-16-26(32)4)41-21-22-42-36-45-39(51-33-27(5)17-11-18-28(33)6)48-40(46-36)52-34-29(7)19-12-20-30(34)8/h9-20H,21-22H2,1-8H3,(H,41,43,44,47)(H,42,45,46,48). The highest BCUT2D eigenvalue weighted by Gasteiger charge is 2.17. The molecule has 266 valence electrons. The Morgan fingerprint density at radius 1 is 0.346 bits per heavy atom. The number of hydrogen-bond donors (Lipinski definition) is 2. The Kier molecular flexibility index (Phi) is 10.7. The summed E-state index contributed by atoms with van der Waals surface area (Å²) < 4.78 is 24.8. The first kappa shape index (κ1) is 35.5. The van der Waals surface area contributed by atoms with Crippen LogP contribution in [0.1, 0.15) is 44.5 Å². The summed E-state index contributed by atoms with van der Waals surface area (Å²) in [5, 5.41) is 6.49. The van der Waals surface area contributed by atoms with Crippen LogP contribution >= 0.6 is 0 Å². The van der Waals surface area contributed by atoms with E-state index in [9.17, 15) is 0 Å². The fraction of sp³-hybridized carbons (Fsp3) is 0.250. The van der Waals surface area contributed by atoms with Crippen molar-refractivity contribution in [2.45, 2.75) is 55.4 Å². The van der Waals surface area contributed by atoms with E-state index in [-0.39, 0.29) is 35.9 Å². The highest BCUT2D eigenvalue weighted by Crippen LogP contribution is 2.32. The van der Waals surface area contributed by atoms with Crippen LogP contribution in [0.5, 0.6) is 47.0 Å². The number of nitrogens with zero attached hydrogens (tertiary/aromatic N) is 6. The molecule has 0 aliphatic heterocycles. The van der Waals surface area contributed by atoms with Crippen LogP contribution < -0.4 is 29.6 Å². The first-order valence-electron chi connectivity index (χ1n) is 17.0. The summed E-state index contributed by atoms with van der Waals surface area (Å²) in [6.45, 7) is 16.5. The molecule has 52 heavy (non-hydrogen) atoms. The molecule has 0 amide bonds. The maximum absolute atomic E-state index is 6.20. The normalized spacial score (nSPS) is 10.8. The Hall–Kier alpha value is -6.30. The van der Waals surface area contributed by atoms with Crippen LogP contribution in [0.2, 0.25) is 0 Å². The van der Waals surface area contributed by atoms with Crippen molar-refractivity contribution in [2.24, 2.45) is 0 Å². The Balaban J connectivity index is 1.23. The van der Waals surface area contributed by atoms with Gasteiger partial charge in [0.05, 0.1) is 0 Å². The number of benzene rings is 4. The van der Waals surface area contributed by atoms with Gasteiger partial charge in [0.25, 0.3) is 0 Å². The lowest BCUT2D eigenvalue weighted by molar-refractivity contribution is 0.392. The number of aryl methyl sites for hydroxylation is 8. The predicted molar refractivity (Wildman–Crippen MR) is 201 cm³/mol. The van der Waals surface area contributed by atoms with Gasteiger partial charge in [-0.15, -0.1) is 9.97 Å². The molecule has 12 heteroatoms. The van der Waals surface area contributed by atoms with Crippen molar-refractivity contribution in [1.82, 2.24) is 29.9 Å². The maximum atomic E-state index is 6.20. The van der Waals surface area contributed by atoms with Gasteiger partial charge in [-0.3, -0.25) is 0 Å². The molecule has 0 saturated carbocycles. The van der Waals surface area contributed by atoms with Crippen molar-refractivity contribution in [3.63, 3.8) is 0 Å². The number of hydrogen-bond acceptors (Lipinski definition) is 12. The number of nitrogens with one attached hydrogen (secondary N) is 2. The predicted octanol–water partition coefficient (Wildman–Crippen LogP) is 9.22. The second-order valence-electron chi connectivity index (χ2n) is 12.6. The molecule has 4 aromatic carbocycles. The minimum Gasteiger partial charge on any atom is -0.424 e. The first-order chi connectivity index (χ1) is 25.0. The molecule has 0 aliphatic carbocycles. The molecule has 2 N–H and O–H groups in total. The van der Waals surface area contributed by atoms with Crippen molar-refractivity contribution in [1.29, 1.82) is 0 Å². The van der Waals surface area contributed by atoms with Crippen LogP contribution in [-0.4, -0.2) is 43.0 Å². The molecule has 0 aliphatic rings. The van der Waals surface area contributed by atoms with Gasteiger partial charge in [0.1, 0.15) is 23.0 Å². The molecule has 0 fully saturated rings. The molecule has 6 rings (SSSR count). The number of ether oxygens (including phenoxy) is 4. The first-order valence-corrected chi connectivity index (χ1v) is 17.0. The van der Waals surface area contributed by atoms with Crippen molar-refractivity contribution in [2.75, 3.05) is 23.7 Å². The SMILES string of the molecule is Cc1cccc(C)c1Oc1nc(NCCNc2nc(Oc3c(C)cccc3C)nc(Oc3c(C)cccc3C)n2)nc(Oc2c(C)cccc2C)n1. The average Bonchev–Trinajstić information content (AvgIpc) is 3.10. The zero-order valence-corrected chi connectivity index (χ0v) is 30.7. The molecular weight excluding hydrogens is 656 g/mol. The third-order valence-corrected chi connectivity index (χ3v) is 8.29. The molecule has 2 heterocycles. The zero-order chi connectivity index (χ0) is 36.8. The van der Waals surface area contributed by atoms with Gasteiger partial charge in [-0.05, 0) is 99.9 Å². The molecule has 0 radical (unpaired) electrons. The van der Waals surface area contributed by atoms with E-state index in [0.717, 1.165) is 44.5 Å². The van der Waals surface area contributed by atoms with Crippen molar-refractivity contribution in [3.05, 3.63) is 117 Å². The molecule has 6 aromatic rings. The minimum absolute atomic E-state index is 0.100.